The molecule has 0 unspecified atom stereocenters. The zero-order valence-corrected chi connectivity index (χ0v) is 11.4. The summed E-state index contributed by atoms with van der Waals surface area (Å²) in [7, 11) is 0. The van der Waals surface area contributed by atoms with Crippen LogP contribution in [0.25, 0.3) is 0 Å². The molecule has 2 aliphatic carbocycles. The van der Waals surface area contributed by atoms with Crippen molar-refractivity contribution in [2.24, 2.45) is 17.8 Å². The molecule has 1 aromatic carbocycles. The Morgan fingerprint density at radius 1 is 1.15 bits per heavy atom. The van der Waals surface area contributed by atoms with Crippen LogP contribution < -0.4 is 0 Å². The maximum absolute atomic E-state index is 12.3. The van der Waals surface area contributed by atoms with Gasteiger partial charge in [0.2, 0.25) is 0 Å². The van der Waals surface area contributed by atoms with Crippen LogP contribution in [0.15, 0.2) is 24.3 Å². The van der Waals surface area contributed by atoms with E-state index < -0.39 is 11.9 Å². The zero-order chi connectivity index (χ0) is 14.3. The third-order valence-electron chi connectivity index (χ3n) is 4.86. The van der Waals surface area contributed by atoms with Gasteiger partial charge in [0.25, 0.3) is 0 Å². The van der Waals surface area contributed by atoms with Crippen molar-refractivity contribution in [3.63, 3.8) is 0 Å². The maximum Gasteiger partial charge on any atom is 0.339 e. The summed E-state index contributed by atoms with van der Waals surface area (Å²) < 4.78 is 5.63. The van der Waals surface area contributed by atoms with Gasteiger partial charge in [0, 0.05) is 0 Å². The molecule has 0 heterocycles. The van der Waals surface area contributed by atoms with E-state index in [1.807, 2.05) is 0 Å². The van der Waals surface area contributed by atoms with Crippen molar-refractivity contribution >= 4 is 11.9 Å². The van der Waals surface area contributed by atoms with Gasteiger partial charge in [-0.3, -0.25) is 0 Å². The molecule has 4 nitrogen and oxygen atoms in total. The van der Waals surface area contributed by atoms with E-state index in [1.165, 1.54) is 18.6 Å². The highest BCUT2D eigenvalue weighted by atomic mass is 16.5. The fourth-order valence-electron chi connectivity index (χ4n) is 3.76. The lowest BCUT2D eigenvalue weighted by atomic mass is 9.88. The summed E-state index contributed by atoms with van der Waals surface area (Å²) in [6.45, 7) is 2.13. The molecule has 20 heavy (non-hydrogen) atoms. The molecule has 1 N–H and O–H groups in total. The number of rotatable bonds is 3. The molecule has 4 heteroatoms. The van der Waals surface area contributed by atoms with Crippen LogP contribution in [0.1, 0.15) is 46.9 Å². The highest BCUT2D eigenvalue weighted by Gasteiger charge is 2.47. The van der Waals surface area contributed by atoms with Crippen LogP contribution in [-0.2, 0) is 4.74 Å². The van der Waals surface area contributed by atoms with Crippen LogP contribution in [0.3, 0.4) is 0 Å². The lowest BCUT2D eigenvalue weighted by molar-refractivity contribution is -0.000661. The molecule has 2 aliphatic rings. The Bertz CT molecular complexity index is 549. The minimum Gasteiger partial charge on any atom is -0.478 e. The minimum absolute atomic E-state index is 0.00769. The number of fused-ring (bicyclic) bond motifs is 2. The first-order valence-electron chi connectivity index (χ1n) is 7.11. The van der Waals surface area contributed by atoms with Crippen LogP contribution in [0.4, 0.5) is 0 Å². The molecular weight excluding hydrogens is 256 g/mol. The first kappa shape index (κ1) is 13.2. The van der Waals surface area contributed by atoms with Crippen LogP contribution in [-0.4, -0.2) is 23.1 Å². The maximum atomic E-state index is 12.3. The van der Waals surface area contributed by atoms with Crippen LogP contribution >= 0.6 is 0 Å². The quantitative estimate of drug-likeness (QED) is 0.861. The summed E-state index contributed by atoms with van der Waals surface area (Å²) in [4.78, 5) is 23.4. The van der Waals surface area contributed by atoms with E-state index in [0.717, 1.165) is 12.8 Å². The second kappa shape index (κ2) is 4.93. The summed E-state index contributed by atoms with van der Waals surface area (Å²) in [6.07, 6.45) is 3.43. The molecule has 0 aromatic heterocycles. The van der Waals surface area contributed by atoms with Crippen molar-refractivity contribution in [3.05, 3.63) is 35.4 Å². The number of carboxylic acids is 1. The van der Waals surface area contributed by atoms with Gasteiger partial charge in [0.1, 0.15) is 6.10 Å². The van der Waals surface area contributed by atoms with Crippen molar-refractivity contribution < 1.29 is 19.4 Å². The number of ether oxygens (including phenoxy) is 1. The number of benzene rings is 1. The Kier molecular flexibility index (Phi) is 3.24. The van der Waals surface area contributed by atoms with E-state index in [4.69, 9.17) is 9.84 Å². The van der Waals surface area contributed by atoms with Gasteiger partial charge in [-0.1, -0.05) is 19.1 Å². The molecule has 2 bridgehead atoms. The fraction of sp³-hybridized carbons (Fsp3) is 0.500. The minimum atomic E-state index is -1.10. The van der Waals surface area contributed by atoms with Crippen LogP contribution in [0.2, 0.25) is 0 Å². The predicted octanol–water partition coefficient (Wildman–Crippen LogP) is 2.98. The molecule has 2 saturated carbocycles. The average molecular weight is 274 g/mol. The predicted molar refractivity (Wildman–Crippen MR) is 72.6 cm³/mol. The van der Waals surface area contributed by atoms with Gasteiger partial charge >= 0.3 is 11.9 Å². The Hall–Kier alpha value is -1.84. The van der Waals surface area contributed by atoms with Gasteiger partial charge in [-0.05, 0) is 49.1 Å². The largest absolute Gasteiger partial charge is 0.478 e. The second-order valence-electron chi connectivity index (χ2n) is 5.91. The molecule has 0 spiro atoms. The topological polar surface area (TPSA) is 63.6 Å². The molecule has 0 amide bonds. The number of hydrogen-bond donors (Lipinski definition) is 1. The molecule has 0 saturated heterocycles. The molecule has 4 atom stereocenters. The normalized spacial score (nSPS) is 31.2. The summed E-state index contributed by atoms with van der Waals surface area (Å²) in [5, 5.41) is 9.12. The van der Waals surface area contributed by atoms with Gasteiger partial charge in [-0.25, -0.2) is 9.59 Å². The Morgan fingerprint density at radius 2 is 1.80 bits per heavy atom. The molecule has 3 rings (SSSR count). The van der Waals surface area contributed by atoms with E-state index in [1.54, 1.807) is 12.1 Å². The van der Waals surface area contributed by atoms with E-state index >= 15 is 0 Å². The van der Waals surface area contributed by atoms with Gasteiger partial charge in [-0.15, -0.1) is 0 Å². The summed E-state index contributed by atoms with van der Waals surface area (Å²) in [5.41, 5.74) is 0.156. The third-order valence-corrected chi connectivity index (χ3v) is 4.86. The van der Waals surface area contributed by atoms with Gasteiger partial charge in [-0.2, -0.15) is 0 Å². The third kappa shape index (κ3) is 2.09. The Labute approximate surface area is 117 Å². The van der Waals surface area contributed by atoms with E-state index in [-0.39, 0.29) is 17.2 Å². The number of esters is 1. The molecule has 1 aromatic rings. The van der Waals surface area contributed by atoms with Crippen molar-refractivity contribution in [2.75, 3.05) is 0 Å². The smallest absolute Gasteiger partial charge is 0.339 e. The summed E-state index contributed by atoms with van der Waals surface area (Å²) in [5.74, 6) is -0.107. The van der Waals surface area contributed by atoms with Crippen LogP contribution in [0, 0.1) is 17.8 Å². The lowest BCUT2D eigenvalue weighted by Gasteiger charge is -2.28. The van der Waals surface area contributed by atoms with Crippen molar-refractivity contribution in [2.45, 2.75) is 32.3 Å². The highest BCUT2D eigenvalue weighted by molar-refractivity contribution is 6.02. The first-order valence-corrected chi connectivity index (χ1v) is 7.11. The molecule has 106 valence electrons. The van der Waals surface area contributed by atoms with Gasteiger partial charge in [0.15, 0.2) is 0 Å². The van der Waals surface area contributed by atoms with Crippen molar-refractivity contribution in [1.82, 2.24) is 0 Å². The fourth-order valence-corrected chi connectivity index (χ4v) is 3.76. The lowest BCUT2D eigenvalue weighted by Crippen LogP contribution is -2.31. The van der Waals surface area contributed by atoms with E-state index in [2.05, 4.69) is 6.92 Å². The van der Waals surface area contributed by atoms with Crippen molar-refractivity contribution in [1.29, 1.82) is 0 Å². The number of carbonyl (C=O) groups excluding carboxylic acids is 1. The average Bonchev–Trinajstić information content (AvgIpc) is 3.02. The Morgan fingerprint density at radius 3 is 2.40 bits per heavy atom. The van der Waals surface area contributed by atoms with Gasteiger partial charge < -0.3 is 9.84 Å². The van der Waals surface area contributed by atoms with Crippen molar-refractivity contribution in [3.8, 4) is 0 Å². The summed E-state index contributed by atoms with van der Waals surface area (Å²) >= 11 is 0. The SMILES string of the molecule is C[C@@H]1[C@H]2CC[C@@H](C2)[C@@H]1OC(=O)c1ccccc1C(=O)O. The van der Waals surface area contributed by atoms with Gasteiger partial charge in [0.05, 0.1) is 11.1 Å². The number of carboxylic acid groups (broad SMARTS) is 1. The number of hydrogen-bond acceptors (Lipinski definition) is 3. The molecule has 0 aliphatic heterocycles. The Balaban J connectivity index is 1.79. The number of carbonyl (C=O) groups is 2. The van der Waals surface area contributed by atoms with E-state index in [9.17, 15) is 9.59 Å². The first-order chi connectivity index (χ1) is 9.58. The van der Waals surface area contributed by atoms with E-state index in [0.29, 0.717) is 17.8 Å². The highest BCUT2D eigenvalue weighted by Crippen LogP contribution is 2.49. The molecule has 0 radical (unpaired) electrons. The second-order valence-corrected chi connectivity index (χ2v) is 5.91. The molecule has 2 fully saturated rings. The summed E-state index contributed by atoms with van der Waals surface area (Å²) in [6, 6.07) is 6.22. The monoisotopic (exact) mass is 274 g/mol. The molecular formula is C16H18O4. The standard InChI is InChI=1S/C16H18O4/c1-9-10-6-7-11(8-10)14(9)20-16(19)13-5-3-2-4-12(13)15(17)18/h2-5,9-11,14H,6-8H2,1H3,(H,17,18)/t9-,10+,11+,14-/m1/s1. The zero-order valence-electron chi connectivity index (χ0n) is 11.4. The van der Waals surface area contributed by atoms with Crippen LogP contribution in [0.5, 0.6) is 0 Å². The number of aromatic carboxylic acids is 1.